The first-order valence-electron chi connectivity index (χ1n) is 8.73. The van der Waals surface area contributed by atoms with Crippen LogP contribution in [0, 0.1) is 6.92 Å². The summed E-state index contributed by atoms with van der Waals surface area (Å²) < 4.78 is 32.0. The van der Waals surface area contributed by atoms with Crippen LogP contribution in [0.15, 0.2) is 6.07 Å². The summed E-state index contributed by atoms with van der Waals surface area (Å²) in [6, 6.07) is 1.92. The Bertz CT molecular complexity index is 690. The topological polar surface area (TPSA) is 75.7 Å². The molecule has 1 saturated heterocycles. The summed E-state index contributed by atoms with van der Waals surface area (Å²) in [4.78, 5) is 14.0. The smallest absolute Gasteiger partial charge is 0.261 e. The fourth-order valence-electron chi connectivity index (χ4n) is 3.02. The van der Waals surface area contributed by atoms with Crippen molar-refractivity contribution in [2.24, 2.45) is 0 Å². The van der Waals surface area contributed by atoms with E-state index in [9.17, 15) is 13.2 Å². The highest BCUT2D eigenvalue weighted by molar-refractivity contribution is 7.89. The van der Waals surface area contributed by atoms with Crippen LogP contribution in [-0.2, 0) is 21.2 Å². The number of aryl methyl sites for hydroxylation is 2. The van der Waals surface area contributed by atoms with E-state index >= 15 is 0 Å². The lowest BCUT2D eigenvalue weighted by Crippen LogP contribution is -2.49. The summed E-state index contributed by atoms with van der Waals surface area (Å²) in [5.74, 6) is -0.293. The van der Waals surface area contributed by atoms with Gasteiger partial charge in [0.2, 0.25) is 10.0 Å². The summed E-state index contributed by atoms with van der Waals surface area (Å²) in [6.45, 7) is 8.70. The minimum Gasteiger partial charge on any atom is -0.373 e. The van der Waals surface area contributed by atoms with Crippen molar-refractivity contribution in [1.82, 2.24) is 9.62 Å². The van der Waals surface area contributed by atoms with Gasteiger partial charge in [-0.2, -0.15) is 4.31 Å². The average molecular weight is 389 g/mol. The minimum atomic E-state index is -3.40. The van der Waals surface area contributed by atoms with E-state index in [0.29, 0.717) is 18.0 Å². The summed E-state index contributed by atoms with van der Waals surface area (Å²) in [5, 5.41) is 2.73. The third kappa shape index (κ3) is 5.51. The fraction of sp³-hybridized carbons (Fsp3) is 0.706. The molecule has 25 heavy (non-hydrogen) atoms. The van der Waals surface area contributed by atoms with Crippen LogP contribution >= 0.6 is 11.3 Å². The van der Waals surface area contributed by atoms with Gasteiger partial charge in [-0.25, -0.2) is 8.42 Å². The van der Waals surface area contributed by atoms with Gasteiger partial charge in [-0.3, -0.25) is 4.79 Å². The third-order valence-corrected chi connectivity index (χ3v) is 7.09. The van der Waals surface area contributed by atoms with Gasteiger partial charge in [0, 0.05) is 24.5 Å². The Kier molecular flexibility index (Phi) is 7.01. The molecule has 0 bridgehead atoms. The molecule has 6 nitrogen and oxygen atoms in total. The quantitative estimate of drug-likeness (QED) is 0.777. The van der Waals surface area contributed by atoms with Gasteiger partial charge >= 0.3 is 0 Å². The Morgan fingerprint density at radius 1 is 1.36 bits per heavy atom. The molecule has 1 aliphatic heterocycles. The molecule has 8 heteroatoms. The maximum absolute atomic E-state index is 12.5. The molecule has 1 amide bonds. The molecular formula is C17H28N2O4S2. The Hall–Kier alpha value is -0.960. The molecule has 142 valence electrons. The highest BCUT2D eigenvalue weighted by atomic mass is 32.2. The van der Waals surface area contributed by atoms with Crippen molar-refractivity contribution >= 4 is 27.3 Å². The monoisotopic (exact) mass is 388 g/mol. The van der Waals surface area contributed by atoms with Crippen molar-refractivity contribution in [3.8, 4) is 0 Å². The Balaban J connectivity index is 1.88. The van der Waals surface area contributed by atoms with E-state index in [0.717, 1.165) is 17.7 Å². The van der Waals surface area contributed by atoms with Gasteiger partial charge in [0.25, 0.3) is 5.91 Å². The van der Waals surface area contributed by atoms with Crippen LogP contribution in [0.4, 0.5) is 0 Å². The van der Waals surface area contributed by atoms with Crippen molar-refractivity contribution in [2.75, 3.05) is 25.4 Å². The molecule has 2 rings (SSSR count). The number of rotatable bonds is 7. The second-order valence-electron chi connectivity index (χ2n) is 6.59. The van der Waals surface area contributed by atoms with Gasteiger partial charge in [-0.05, 0) is 38.8 Å². The van der Waals surface area contributed by atoms with Crippen molar-refractivity contribution in [2.45, 2.75) is 52.7 Å². The molecular weight excluding hydrogens is 360 g/mol. The highest BCUT2D eigenvalue weighted by Gasteiger charge is 2.30. The lowest BCUT2D eigenvalue weighted by Gasteiger charge is -2.34. The zero-order valence-corrected chi connectivity index (χ0v) is 17.0. The third-order valence-electron chi connectivity index (χ3n) is 4.19. The minimum absolute atomic E-state index is 0.0929. The van der Waals surface area contributed by atoms with Crippen LogP contribution in [0.1, 0.15) is 47.3 Å². The van der Waals surface area contributed by atoms with E-state index in [1.807, 2.05) is 26.8 Å². The molecule has 1 aromatic heterocycles. The van der Waals surface area contributed by atoms with E-state index < -0.39 is 10.0 Å². The highest BCUT2D eigenvalue weighted by Crippen LogP contribution is 2.22. The lowest BCUT2D eigenvalue weighted by molar-refractivity contribution is -0.0440. The van der Waals surface area contributed by atoms with E-state index in [1.165, 1.54) is 21.2 Å². The Morgan fingerprint density at radius 2 is 2.00 bits per heavy atom. The van der Waals surface area contributed by atoms with Crippen LogP contribution in [0.3, 0.4) is 0 Å². The van der Waals surface area contributed by atoms with Gasteiger partial charge in [-0.15, -0.1) is 11.3 Å². The molecule has 2 heterocycles. The number of carbonyl (C=O) groups excluding carboxylic acids is 1. The number of morpholine rings is 1. The number of hydrogen-bond acceptors (Lipinski definition) is 5. The Labute approximate surface area is 154 Å². The number of carbonyl (C=O) groups is 1. The molecule has 0 aromatic carbocycles. The number of thiophene rings is 1. The van der Waals surface area contributed by atoms with Crippen LogP contribution in [0.5, 0.6) is 0 Å². The molecule has 1 aliphatic rings. The van der Waals surface area contributed by atoms with Crippen LogP contribution in [0.2, 0.25) is 0 Å². The van der Waals surface area contributed by atoms with Gasteiger partial charge in [0.1, 0.15) is 0 Å². The summed E-state index contributed by atoms with van der Waals surface area (Å²) in [6.07, 6.45) is 1.77. The van der Waals surface area contributed by atoms with E-state index in [1.54, 1.807) is 0 Å². The molecule has 1 fully saturated rings. The standard InChI is InChI=1S/C17H28N2O4S2/c1-5-6-15-9-16(24-14(15)4)17(20)18-7-8-25(21,22)19-10-12(2)23-13(3)11-19/h9,12-13H,5-8,10-11H2,1-4H3,(H,18,20)/t12-,13-/m0/s1. The maximum Gasteiger partial charge on any atom is 0.261 e. The van der Waals surface area contributed by atoms with Gasteiger partial charge in [0.05, 0.1) is 22.8 Å². The number of hydrogen-bond donors (Lipinski definition) is 1. The van der Waals surface area contributed by atoms with Crippen LogP contribution < -0.4 is 5.32 Å². The van der Waals surface area contributed by atoms with Crippen LogP contribution in [0.25, 0.3) is 0 Å². The normalized spacial score (nSPS) is 22.1. The van der Waals surface area contributed by atoms with E-state index in [2.05, 4.69) is 12.2 Å². The van der Waals surface area contributed by atoms with Gasteiger partial charge in [-0.1, -0.05) is 13.3 Å². The molecule has 0 saturated carbocycles. The molecule has 0 radical (unpaired) electrons. The first-order valence-corrected chi connectivity index (χ1v) is 11.2. The number of amides is 1. The Morgan fingerprint density at radius 3 is 2.60 bits per heavy atom. The maximum atomic E-state index is 12.5. The largest absolute Gasteiger partial charge is 0.373 e. The van der Waals surface area contributed by atoms with Crippen LogP contribution in [-0.4, -0.2) is 56.2 Å². The predicted octanol–water partition coefficient (Wildman–Crippen LogP) is 2.18. The second-order valence-corrected chi connectivity index (χ2v) is 9.93. The lowest BCUT2D eigenvalue weighted by atomic mass is 10.1. The molecule has 0 spiro atoms. The zero-order valence-electron chi connectivity index (χ0n) is 15.4. The van der Waals surface area contributed by atoms with Crippen molar-refractivity contribution < 1.29 is 17.9 Å². The number of nitrogens with one attached hydrogen (secondary N) is 1. The summed E-state index contributed by atoms with van der Waals surface area (Å²) >= 11 is 1.46. The molecule has 1 N–H and O–H groups in total. The molecule has 1 aromatic rings. The van der Waals surface area contributed by atoms with Crippen molar-refractivity contribution in [3.63, 3.8) is 0 Å². The number of nitrogens with zero attached hydrogens (tertiary/aromatic N) is 1. The average Bonchev–Trinajstić information content (AvgIpc) is 2.88. The van der Waals surface area contributed by atoms with Crippen molar-refractivity contribution in [1.29, 1.82) is 0 Å². The molecule has 2 atom stereocenters. The first-order chi connectivity index (χ1) is 11.7. The van der Waals surface area contributed by atoms with Crippen molar-refractivity contribution in [3.05, 3.63) is 21.4 Å². The molecule has 0 aliphatic carbocycles. The number of ether oxygens (including phenoxy) is 1. The molecule has 0 unspecified atom stereocenters. The zero-order chi connectivity index (χ0) is 18.6. The predicted molar refractivity (Wildman–Crippen MR) is 101 cm³/mol. The second kappa shape index (κ2) is 8.62. The fourth-order valence-corrected chi connectivity index (χ4v) is 5.50. The van der Waals surface area contributed by atoms with E-state index in [-0.39, 0.29) is 30.4 Å². The SMILES string of the molecule is CCCc1cc(C(=O)NCCS(=O)(=O)N2C[C@H](C)O[C@@H](C)C2)sc1C. The first kappa shape index (κ1) is 20.4. The van der Waals surface area contributed by atoms with Gasteiger partial charge < -0.3 is 10.1 Å². The number of sulfonamides is 1. The van der Waals surface area contributed by atoms with E-state index in [4.69, 9.17) is 4.74 Å². The summed E-state index contributed by atoms with van der Waals surface area (Å²) in [7, 11) is -3.40. The summed E-state index contributed by atoms with van der Waals surface area (Å²) in [5.41, 5.74) is 1.20. The van der Waals surface area contributed by atoms with Gasteiger partial charge in [0.15, 0.2) is 0 Å².